The number of hydrogen-bond donors (Lipinski definition) is 0. The molecule has 0 N–H and O–H groups in total. The van der Waals surface area contributed by atoms with Crippen molar-refractivity contribution in [3.05, 3.63) is 34.4 Å². The zero-order valence-electron chi connectivity index (χ0n) is 15.8. The van der Waals surface area contributed by atoms with Crippen LogP contribution in [0.5, 0.6) is 0 Å². The molecule has 1 aliphatic heterocycles. The van der Waals surface area contributed by atoms with Gasteiger partial charge in [-0.3, -0.25) is 0 Å². The predicted octanol–water partition coefficient (Wildman–Crippen LogP) is 3.86. The Bertz CT molecular complexity index is 661. The lowest BCUT2D eigenvalue weighted by molar-refractivity contribution is -0.189. The summed E-state index contributed by atoms with van der Waals surface area (Å²) in [7, 11) is 0. The molecule has 0 aromatic heterocycles. The number of hydroxylamine groups is 2. The molecule has 0 amide bonds. The number of carbonyl (C=O) groups is 2. The molecule has 0 bridgehead atoms. The Morgan fingerprint density at radius 1 is 1.36 bits per heavy atom. The molecule has 3 rings (SSSR count). The van der Waals surface area contributed by atoms with Crippen LogP contribution in [0.1, 0.15) is 60.8 Å². The second-order valence-electron chi connectivity index (χ2n) is 7.96. The van der Waals surface area contributed by atoms with Crippen LogP contribution in [-0.2, 0) is 14.4 Å². The molecule has 136 valence electrons. The summed E-state index contributed by atoms with van der Waals surface area (Å²) < 4.78 is 0. The molecule has 1 aromatic carbocycles. The van der Waals surface area contributed by atoms with Gasteiger partial charge in [-0.15, -0.1) is 5.06 Å². The summed E-state index contributed by atoms with van der Waals surface area (Å²) in [5.74, 6) is -0.683. The minimum Gasteiger partial charge on any atom is -0.367 e. The van der Waals surface area contributed by atoms with Crippen molar-refractivity contribution in [2.45, 2.75) is 59.3 Å². The first-order chi connectivity index (χ1) is 11.9. The SMILES string of the molecule is CCC12CCCC1CN(OC(=O)C(C=O)c1c(C)cc(C)cc1C)C2. The summed E-state index contributed by atoms with van der Waals surface area (Å²) in [5.41, 5.74) is 4.15. The summed E-state index contributed by atoms with van der Waals surface area (Å²) in [6.07, 6.45) is 5.56. The summed E-state index contributed by atoms with van der Waals surface area (Å²) in [6, 6.07) is 4.02. The van der Waals surface area contributed by atoms with Crippen LogP contribution in [0.25, 0.3) is 0 Å². The molecule has 2 aliphatic rings. The van der Waals surface area contributed by atoms with E-state index < -0.39 is 11.9 Å². The quantitative estimate of drug-likeness (QED) is 0.601. The largest absolute Gasteiger partial charge is 0.367 e. The Morgan fingerprint density at radius 3 is 2.60 bits per heavy atom. The fourth-order valence-electron chi connectivity index (χ4n) is 5.12. The third-order valence-electron chi connectivity index (χ3n) is 6.37. The maximum atomic E-state index is 12.7. The standard InChI is InChI=1S/C21H29NO3/c1-5-21-8-6-7-17(21)11-22(13-21)25-20(24)18(12-23)19-15(3)9-14(2)10-16(19)4/h9-10,12,17-18H,5-8,11,13H2,1-4H3. The van der Waals surface area contributed by atoms with Crippen LogP contribution in [0.3, 0.4) is 0 Å². The monoisotopic (exact) mass is 343 g/mol. The van der Waals surface area contributed by atoms with Gasteiger partial charge in [0.25, 0.3) is 0 Å². The Hall–Kier alpha value is -1.68. The number of nitrogens with zero attached hydrogens (tertiary/aromatic N) is 1. The van der Waals surface area contributed by atoms with Crippen molar-refractivity contribution in [3.8, 4) is 0 Å². The van der Waals surface area contributed by atoms with E-state index in [-0.39, 0.29) is 0 Å². The third kappa shape index (κ3) is 3.24. The van der Waals surface area contributed by atoms with Crippen LogP contribution in [0, 0.1) is 32.1 Å². The molecular formula is C21H29NO3. The normalized spacial score (nSPS) is 27.1. The van der Waals surface area contributed by atoms with E-state index in [2.05, 4.69) is 6.92 Å². The van der Waals surface area contributed by atoms with E-state index in [1.54, 1.807) is 0 Å². The lowest BCUT2D eigenvalue weighted by Crippen LogP contribution is -2.32. The highest BCUT2D eigenvalue weighted by molar-refractivity contribution is 5.94. The number of hydrogen-bond acceptors (Lipinski definition) is 4. The summed E-state index contributed by atoms with van der Waals surface area (Å²) >= 11 is 0. The fraction of sp³-hybridized carbons (Fsp3) is 0.619. The van der Waals surface area contributed by atoms with Gasteiger partial charge in [-0.1, -0.05) is 31.0 Å². The maximum Gasteiger partial charge on any atom is 0.339 e. The first kappa shape index (κ1) is 18.1. The second-order valence-corrected chi connectivity index (χ2v) is 7.96. The van der Waals surface area contributed by atoms with Crippen molar-refractivity contribution in [1.29, 1.82) is 0 Å². The molecule has 3 atom stereocenters. The minimum atomic E-state index is -0.849. The summed E-state index contributed by atoms with van der Waals surface area (Å²) in [6.45, 7) is 9.76. The van der Waals surface area contributed by atoms with Gasteiger partial charge in [-0.05, 0) is 68.1 Å². The van der Waals surface area contributed by atoms with Gasteiger partial charge in [0.05, 0.1) is 0 Å². The van der Waals surface area contributed by atoms with E-state index in [1.807, 2.05) is 38.0 Å². The Labute approximate surface area is 150 Å². The fourth-order valence-corrected chi connectivity index (χ4v) is 5.12. The number of carbonyl (C=O) groups excluding carboxylic acids is 2. The molecule has 1 saturated carbocycles. The van der Waals surface area contributed by atoms with Gasteiger partial charge in [0.2, 0.25) is 0 Å². The smallest absolute Gasteiger partial charge is 0.339 e. The molecule has 1 aromatic rings. The van der Waals surface area contributed by atoms with Crippen molar-refractivity contribution < 1.29 is 14.4 Å². The van der Waals surface area contributed by atoms with Crippen LogP contribution >= 0.6 is 0 Å². The van der Waals surface area contributed by atoms with Gasteiger partial charge in [-0.25, -0.2) is 4.79 Å². The molecule has 25 heavy (non-hydrogen) atoms. The molecule has 4 heteroatoms. The Kier molecular flexibility index (Phi) is 5.01. The van der Waals surface area contributed by atoms with Crippen LogP contribution < -0.4 is 0 Å². The first-order valence-corrected chi connectivity index (χ1v) is 9.40. The summed E-state index contributed by atoms with van der Waals surface area (Å²) in [5, 5.41) is 1.81. The van der Waals surface area contributed by atoms with Crippen molar-refractivity contribution in [2.75, 3.05) is 13.1 Å². The van der Waals surface area contributed by atoms with Crippen LogP contribution in [0.2, 0.25) is 0 Å². The van der Waals surface area contributed by atoms with Crippen molar-refractivity contribution >= 4 is 12.3 Å². The lowest BCUT2D eigenvalue weighted by Gasteiger charge is -2.26. The van der Waals surface area contributed by atoms with Crippen molar-refractivity contribution in [2.24, 2.45) is 11.3 Å². The van der Waals surface area contributed by atoms with Crippen molar-refractivity contribution in [3.63, 3.8) is 0 Å². The Balaban J connectivity index is 1.75. The van der Waals surface area contributed by atoms with E-state index >= 15 is 0 Å². The van der Waals surface area contributed by atoms with Crippen LogP contribution in [0.4, 0.5) is 0 Å². The third-order valence-corrected chi connectivity index (χ3v) is 6.37. The van der Waals surface area contributed by atoms with Gasteiger partial charge in [0.1, 0.15) is 12.2 Å². The molecule has 1 aliphatic carbocycles. The molecule has 0 radical (unpaired) electrons. The number of fused-ring (bicyclic) bond motifs is 1. The number of aryl methyl sites for hydroxylation is 3. The first-order valence-electron chi connectivity index (χ1n) is 9.40. The molecule has 0 spiro atoms. The van der Waals surface area contributed by atoms with E-state index in [9.17, 15) is 9.59 Å². The maximum absolute atomic E-state index is 12.7. The molecule has 1 heterocycles. The van der Waals surface area contributed by atoms with Gasteiger partial charge < -0.3 is 9.63 Å². The molecular weight excluding hydrogens is 314 g/mol. The topological polar surface area (TPSA) is 46.6 Å². The van der Waals surface area contributed by atoms with Gasteiger partial charge >= 0.3 is 5.97 Å². The van der Waals surface area contributed by atoms with E-state index in [4.69, 9.17) is 4.84 Å². The average Bonchev–Trinajstić information content (AvgIpc) is 3.07. The number of benzene rings is 1. The van der Waals surface area contributed by atoms with Crippen LogP contribution in [-0.4, -0.2) is 30.4 Å². The van der Waals surface area contributed by atoms with E-state index in [0.29, 0.717) is 11.3 Å². The lowest BCUT2D eigenvalue weighted by atomic mass is 9.78. The van der Waals surface area contributed by atoms with Gasteiger partial charge in [-0.2, -0.15) is 0 Å². The second kappa shape index (κ2) is 6.91. The zero-order valence-corrected chi connectivity index (χ0v) is 15.8. The molecule has 2 fully saturated rings. The van der Waals surface area contributed by atoms with Crippen molar-refractivity contribution in [1.82, 2.24) is 5.06 Å². The highest BCUT2D eigenvalue weighted by Gasteiger charge is 2.49. The highest BCUT2D eigenvalue weighted by Crippen LogP contribution is 2.50. The Morgan fingerprint density at radius 2 is 2.04 bits per heavy atom. The number of aldehydes is 1. The van der Waals surface area contributed by atoms with E-state index in [0.717, 1.165) is 48.1 Å². The van der Waals surface area contributed by atoms with Gasteiger partial charge in [0.15, 0.2) is 0 Å². The molecule has 4 nitrogen and oxygen atoms in total. The molecule has 1 saturated heterocycles. The molecule has 3 unspecified atom stereocenters. The summed E-state index contributed by atoms with van der Waals surface area (Å²) in [4.78, 5) is 30.1. The average molecular weight is 343 g/mol. The zero-order chi connectivity index (χ0) is 18.2. The van der Waals surface area contributed by atoms with Gasteiger partial charge in [0, 0.05) is 13.1 Å². The van der Waals surface area contributed by atoms with E-state index in [1.165, 1.54) is 19.3 Å². The highest BCUT2D eigenvalue weighted by atomic mass is 16.7. The predicted molar refractivity (Wildman–Crippen MR) is 97.2 cm³/mol. The number of rotatable bonds is 5. The van der Waals surface area contributed by atoms with Crippen LogP contribution in [0.15, 0.2) is 12.1 Å². The minimum absolute atomic E-state index is 0.298.